The number of nitrogens with one attached hydrogen (secondary N) is 1. The van der Waals surface area contributed by atoms with E-state index in [2.05, 4.69) is 5.32 Å². The van der Waals surface area contributed by atoms with Gasteiger partial charge in [-0.3, -0.25) is 4.31 Å². The highest BCUT2D eigenvalue weighted by molar-refractivity contribution is 7.93. The van der Waals surface area contributed by atoms with E-state index in [1.165, 1.54) is 4.31 Å². The lowest BCUT2D eigenvalue weighted by Crippen LogP contribution is -2.40. The van der Waals surface area contributed by atoms with E-state index in [0.29, 0.717) is 18.0 Å². The summed E-state index contributed by atoms with van der Waals surface area (Å²) in [7, 11) is -0.255. The van der Waals surface area contributed by atoms with Crippen molar-refractivity contribution in [2.45, 2.75) is 19.1 Å². The van der Waals surface area contributed by atoms with Crippen LogP contribution in [0.15, 0.2) is 24.3 Å². The number of rotatable bonds is 7. The van der Waals surface area contributed by atoms with E-state index in [4.69, 9.17) is 4.74 Å². The molecule has 108 valence electrons. The number of nitrogens with zero attached hydrogens (tertiary/aromatic N) is 1. The molecule has 0 aliphatic rings. The fraction of sp³-hybridized carbons (Fsp3) is 0.538. The van der Waals surface area contributed by atoms with Gasteiger partial charge in [0.25, 0.3) is 0 Å². The van der Waals surface area contributed by atoms with Gasteiger partial charge in [0, 0.05) is 19.7 Å². The van der Waals surface area contributed by atoms with Gasteiger partial charge in [-0.2, -0.15) is 0 Å². The molecule has 0 heterocycles. The van der Waals surface area contributed by atoms with Crippen LogP contribution in [0.5, 0.6) is 5.75 Å². The first-order chi connectivity index (χ1) is 8.93. The predicted molar refractivity (Wildman–Crippen MR) is 78.3 cm³/mol. The molecule has 1 unspecified atom stereocenters. The molecule has 0 aliphatic heterocycles. The van der Waals surface area contributed by atoms with Crippen molar-refractivity contribution < 1.29 is 13.2 Å². The van der Waals surface area contributed by atoms with Gasteiger partial charge in [-0.25, -0.2) is 8.42 Å². The highest BCUT2D eigenvalue weighted by atomic mass is 32.2. The van der Waals surface area contributed by atoms with Crippen molar-refractivity contribution in [1.82, 2.24) is 5.32 Å². The number of methoxy groups -OCH3 is 1. The summed E-state index contributed by atoms with van der Waals surface area (Å²) < 4.78 is 31.2. The van der Waals surface area contributed by atoms with Crippen molar-refractivity contribution in [3.63, 3.8) is 0 Å². The Kier molecular flexibility index (Phi) is 5.62. The summed E-state index contributed by atoms with van der Waals surface area (Å²) in [5.41, 5.74) is 0.600. The molecule has 0 aliphatic carbocycles. The largest absolute Gasteiger partial charge is 0.497 e. The molecule has 0 fully saturated rings. The van der Waals surface area contributed by atoms with Crippen LogP contribution in [0.4, 0.5) is 5.69 Å². The molecule has 19 heavy (non-hydrogen) atoms. The fourth-order valence-electron chi connectivity index (χ4n) is 1.68. The number of sulfonamides is 1. The Labute approximate surface area is 115 Å². The van der Waals surface area contributed by atoms with Gasteiger partial charge in [0.15, 0.2) is 0 Å². The van der Waals surface area contributed by atoms with Gasteiger partial charge in [-0.05, 0) is 25.6 Å². The van der Waals surface area contributed by atoms with Gasteiger partial charge in [0.1, 0.15) is 5.75 Å². The van der Waals surface area contributed by atoms with Crippen LogP contribution < -0.4 is 14.4 Å². The third kappa shape index (κ3) is 3.84. The average molecular weight is 286 g/mol. The van der Waals surface area contributed by atoms with Gasteiger partial charge in [-0.15, -0.1) is 0 Å². The monoisotopic (exact) mass is 286 g/mol. The van der Waals surface area contributed by atoms with E-state index in [0.717, 1.165) is 6.54 Å². The Morgan fingerprint density at radius 3 is 2.68 bits per heavy atom. The minimum atomic E-state index is -3.37. The second-order valence-electron chi connectivity index (χ2n) is 4.33. The molecule has 1 aromatic carbocycles. The number of anilines is 1. The highest BCUT2D eigenvalue weighted by Gasteiger charge is 2.26. The second kappa shape index (κ2) is 6.77. The Balaban J connectivity index is 2.93. The average Bonchev–Trinajstić information content (AvgIpc) is 2.43. The Morgan fingerprint density at radius 2 is 2.11 bits per heavy atom. The molecule has 1 aromatic rings. The molecule has 0 saturated heterocycles. The summed E-state index contributed by atoms with van der Waals surface area (Å²) in [6, 6.07) is 7.01. The summed E-state index contributed by atoms with van der Waals surface area (Å²) in [6.07, 6.45) is 0. The van der Waals surface area contributed by atoms with E-state index in [9.17, 15) is 8.42 Å². The lowest BCUT2D eigenvalue weighted by molar-refractivity contribution is 0.415. The molecule has 1 N–H and O–H groups in total. The highest BCUT2D eigenvalue weighted by Crippen LogP contribution is 2.23. The molecule has 0 aromatic heterocycles. The quantitative estimate of drug-likeness (QED) is 0.824. The maximum absolute atomic E-state index is 12.4. The van der Waals surface area contributed by atoms with Gasteiger partial charge in [-0.1, -0.05) is 13.0 Å². The van der Waals surface area contributed by atoms with Gasteiger partial charge in [0.05, 0.1) is 18.0 Å². The van der Waals surface area contributed by atoms with Crippen molar-refractivity contribution in [2.24, 2.45) is 0 Å². The molecular formula is C13H22N2O3S. The lowest BCUT2D eigenvalue weighted by atomic mass is 10.3. The van der Waals surface area contributed by atoms with Gasteiger partial charge >= 0.3 is 0 Å². The minimum Gasteiger partial charge on any atom is -0.497 e. The molecule has 1 atom stereocenters. The number of ether oxygens (including phenoxy) is 1. The normalized spacial score (nSPS) is 13.1. The van der Waals surface area contributed by atoms with Crippen molar-refractivity contribution in [1.29, 1.82) is 0 Å². The molecule has 1 rings (SSSR count). The van der Waals surface area contributed by atoms with E-state index in [1.54, 1.807) is 45.3 Å². The van der Waals surface area contributed by atoms with Crippen LogP contribution in [0, 0.1) is 0 Å². The zero-order valence-electron chi connectivity index (χ0n) is 11.9. The summed E-state index contributed by atoms with van der Waals surface area (Å²) in [4.78, 5) is 0. The number of benzene rings is 1. The van der Waals surface area contributed by atoms with Crippen molar-refractivity contribution in [3.05, 3.63) is 24.3 Å². The van der Waals surface area contributed by atoms with Crippen LogP contribution in [-0.4, -0.2) is 40.9 Å². The third-order valence-electron chi connectivity index (χ3n) is 2.99. The first kappa shape index (κ1) is 15.8. The molecule has 0 amide bonds. The van der Waals surface area contributed by atoms with Crippen LogP contribution in [0.1, 0.15) is 13.8 Å². The van der Waals surface area contributed by atoms with E-state index >= 15 is 0 Å². The van der Waals surface area contributed by atoms with E-state index in [-0.39, 0.29) is 0 Å². The molecular weight excluding hydrogens is 264 g/mol. The Bertz CT molecular complexity index is 502. The number of hydrogen-bond donors (Lipinski definition) is 1. The van der Waals surface area contributed by atoms with Gasteiger partial charge < -0.3 is 10.1 Å². The Hall–Kier alpha value is -1.27. The second-order valence-corrected chi connectivity index (χ2v) is 6.71. The summed E-state index contributed by atoms with van der Waals surface area (Å²) in [5.74, 6) is 0.638. The first-order valence-electron chi connectivity index (χ1n) is 6.26. The van der Waals surface area contributed by atoms with Crippen LogP contribution in [0.3, 0.4) is 0 Å². The summed E-state index contributed by atoms with van der Waals surface area (Å²) in [6.45, 7) is 4.84. The molecule has 0 saturated carbocycles. The molecule has 5 nitrogen and oxygen atoms in total. The molecule has 0 spiro atoms. The third-order valence-corrected chi connectivity index (χ3v) is 5.15. The van der Waals surface area contributed by atoms with Crippen LogP contribution in [-0.2, 0) is 10.0 Å². The van der Waals surface area contributed by atoms with Crippen LogP contribution >= 0.6 is 0 Å². The van der Waals surface area contributed by atoms with Crippen LogP contribution in [0.25, 0.3) is 0 Å². The summed E-state index contributed by atoms with van der Waals surface area (Å²) >= 11 is 0. The minimum absolute atomic E-state index is 0.438. The smallest absolute Gasteiger partial charge is 0.238 e. The van der Waals surface area contributed by atoms with Crippen LogP contribution in [0.2, 0.25) is 0 Å². The SMILES string of the molecule is CCNCC(C)S(=O)(=O)N(C)c1cccc(OC)c1. The van der Waals surface area contributed by atoms with E-state index < -0.39 is 15.3 Å². The standard InChI is InChI=1S/C13H22N2O3S/c1-5-14-10-11(2)19(16,17)15(3)12-7-6-8-13(9-12)18-4/h6-9,11,14H,5,10H2,1-4H3. The predicted octanol–water partition coefficient (Wildman–Crippen LogP) is 1.46. The lowest BCUT2D eigenvalue weighted by Gasteiger charge is -2.24. The van der Waals surface area contributed by atoms with Gasteiger partial charge in [0.2, 0.25) is 10.0 Å². The molecule has 6 heteroatoms. The fourth-order valence-corrected chi connectivity index (χ4v) is 2.95. The maximum Gasteiger partial charge on any atom is 0.238 e. The zero-order chi connectivity index (χ0) is 14.5. The maximum atomic E-state index is 12.4. The topological polar surface area (TPSA) is 58.6 Å². The Morgan fingerprint density at radius 1 is 1.42 bits per heavy atom. The van der Waals surface area contributed by atoms with E-state index in [1.807, 2.05) is 6.92 Å². The first-order valence-corrected chi connectivity index (χ1v) is 7.76. The molecule has 0 bridgehead atoms. The molecule has 0 radical (unpaired) electrons. The summed E-state index contributed by atoms with van der Waals surface area (Å²) in [5, 5.41) is 2.57. The van der Waals surface area contributed by atoms with Crippen molar-refractivity contribution in [2.75, 3.05) is 31.6 Å². The zero-order valence-corrected chi connectivity index (χ0v) is 12.7. The van der Waals surface area contributed by atoms with Crippen molar-refractivity contribution in [3.8, 4) is 5.75 Å². The van der Waals surface area contributed by atoms with Crippen molar-refractivity contribution >= 4 is 15.7 Å². The number of hydrogen-bond acceptors (Lipinski definition) is 4.